The molecule has 5 nitrogen and oxygen atoms in total. The van der Waals surface area contributed by atoms with Gasteiger partial charge in [0.15, 0.2) is 0 Å². The largest absolute Gasteiger partial charge is 0.495 e. The predicted octanol–water partition coefficient (Wildman–Crippen LogP) is 1.23. The van der Waals surface area contributed by atoms with Gasteiger partial charge in [0, 0.05) is 0 Å². The van der Waals surface area contributed by atoms with Crippen molar-refractivity contribution in [3.8, 4) is 11.8 Å². The zero-order valence-electron chi connectivity index (χ0n) is 9.01. The second-order valence-corrected chi connectivity index (χ2v) is 3.07. The molecule has 0 amide bonds. The van der Waals surface area contributed by atoms with Crippen LogP contribution in [0.3, 0.4) is 0 Å². The Kier molecular flexibility index (Phi) is 4.01. The van der Waals surface area contributed by atoms with Crippen molar-refractivity contribution in [2.45, 2.75) is 0 Å². The first-order valence-electron chi connectivity index (χ1n) is 4.62. The molecule has 17 heavy (non-hydrogen) atoms. The number of ether oxygens (including phenoxy) is 1. The molecule has 0 bridgehead atoms. The Balaban J connectivity index is 2.98. The minimum absolute atomic E-state index is 0.317. The maximum atomic E-state index is 10.8. The zero-order chi connectivity index (χ0) is 12.8. The molecule has 1 aromatic rings. The standard InChI is InChI=1S/C12H9NO4/c1-17-11-5-3-8(6-9(11)7-13)2-4-10(14)12(15)16/h2-6H,1H3,(H,15,16)/b4-2+. The highest BCUT2D eigenvalue weighted by molar-refractivity contribution is 6.38. The lowest BCUT2D eigenvalue weighted by Crippen LogP contribution is -2.08. The average Bonchev–Trinajstić information content (AvgIpc) is 2.35. The van der Waals surface area contributed by atoms with E-state index < -0.39 is 11.8 Å². The average molecular weight is 231 g/mol. The van der Waals surface area contributed by atoms with Crippen LogP contribution >= 0.6 is 0 Å². The lowest BCUT2D eigenvalue weighted by molar-refractivity contribution is -0.146. The second-order valence-electron chi connectivity index (χ2n) is 3.07. The number of aliphatic carboxylic acids is 1. The highest BCUT2D eigenvalue weighted by Crippen LogP contribution is 2.19. The molecule has 1 N–H and O–H groups in total. The van der Waals surface area contributed by atoms with Crippen LogP contribution in [0.5, 0.6) is 5.75 Å². The van der Waals surface area contributed by atoms with Crippen LogP contribution in [0.2, 0.25) is 0 Å². The molecule has 0 unspecified atom stereocenters. The van der Waals surface area contributed by atoms with Gasteiger partial charge in [-0.1, -0.05) is 12.1 Å². The number of benzene rings is 1. The Morgan fingerprint density at radius 1 is 1.47 bits per heavy atom. The molecule has 0 aliphatic carbocycles. The number of nitriles is 1. The van der Waals surface area contributed by atoms with Crippen molar-refractivity contribution in [3.05, 3.63) is 35.4 Å². The first-order valence-corrected chi connectivity index (χ1v) is 4.62. The molecule has 0 heterocycles. The van der Waals surface area contributed by atoms with Crippen LogP contribution < -0.4 is 4.74 Å². The number of carbonyl (C=O) groups excluding carboxylic acids is 1. The number of carboxylic acids is 1. The molecule has 0 aliphatic heterocycles. The first kappa shape index (κ1) is 12.5. The van der Waals surface area contributed by atoms with Gasteiger partial charge < -0.3 is 9.84 Å². The normalized spacial score (nSPS) is 9.88. The highest BCUT2D eigenvalue weighted by Gasteiger charge is 2.06. The number of methoxy groups -OCH3 is 1. The number of rotatable bonds is 4. The topological polar surface area (TPSA) is 87.4 Å². The molecule has 0 saturated carbocycles. The summed E-state index contributed by atoms with van der Waals surface area (Å²) in [5.74, 6) is -2.11. The molecule has 0 saturated heterocycles. The molecule has 0 aliphatic rings. The fourth-order valence-electron chi connectivity index (χ4n) is 1.16. The monoisotopic (exact) mass is 231 g/mol. The molecule has 1 rings (SSSR count). The number of ketones is 1. The van der Waals surface area contributed by atoms with E-state index in [0.717, 1.165) is 6.08 Å². The second kappa shape index (κ2) is 5.47. The third kappa shape index (κ3) is 3.18. The van der Waals surface area contributed by atoms with E-state index in [1.807, 2.05) is 6.07 Å². The molecule has 1 aromatic carbocycles. The van der Waals surface area contributed by atoms with Crippen molar-refractivity contribution in [3.63, 3.8) is 0 Å². The molecule has 86 valence electrons. The van der Waals surface area contributed by atoms with Gasteiger partial charge in [0.1, 0.15) is 11.8 Å². The van der Waals surface area contributed by atoms with Crippen LogP contribution in [-0.4, -0.2) is 24.0 Å². The van der Waals surface area contributed by atoms with Crippen LogP contribution in [-0.2, 0) is 9.59 Å². The summed E-state index contributed by atoms with van der Waals surface area (Å²) in [6.45, 7) is 0. The minimum atomic E-state index is -1.52. The van der Waals surface area contributed by atoms with Crippen LogP contribution in [0.4, 0.5) is 0 Å². The summed E-state index contributed by atoms with van der Waals surface area (Å²) in [7, 11) is 1.44. The molecule has 5 heteroatoms. The molecule has 0 fully saturated rings. The van der Waals surface area contributed by atoms with E-state index in [1.54, 1.807) is 12.1 Å². The Labute approximate surface area is 97.6 Å². The summed E-state index contributed by atoms with van der Waals surface area (Å²) in [5, 5.41) is 17.2. The maximum Gasteiger partial charge on any atom is 0.376 e. The van der Waals surface area contributed by atoms with E-state index in [4.69, 9.17) is 15.1 Å². The summed E-state index contributed by atoms with van der Waals surface area (Å²) < 4.78 is 4.95. The van der Waals surface area contributed by atoms with Crippen molar-refractivity contribution in [1.29, 1.82) is 5.26 Å². The maximum absolute atomic E-state index is 10.8. The van der Waals surface area contributed by atoms with Gasteiger partial charge in [-0.3, -0.25) is 4.79 Å². The molecular weight excluding hydrogens is 222 g/mol. The highest BCUT2D eigenvalue weighted by atomic mass is 16.5. The third-order valence-electron chi connectivity index (χ3n) is 1.98. The van der Waals surface area contributed by atoms with Gasteiger partial charge in [-0.25, -0.2) is 4.79 Å². The van der Waals surface area contributed by atoms with E-state index in [2.05, 4.69) is 0 Å². The van der Waals surface area contributed by atoms with E-state index in [-0.39, 0.29) is 0 Å². The van der Waals surface area contributed by atoms with Crippen LogP contribution in [0.15, 0.2) is 24.3 Å². The summed E-state index contributed by atoms with van der Waals surface area (Å²) in [6.07, 6.45) is 2.27. The smallest absolute Gasteiger partial charge is 0.376 e. The number of carbonyl (C=O) groups is 2. The first-order chi connectivity index (χ1) is 8.08. The lowest BCUT2D eigenvalue weighted by atomic mass is 10.1. The van der Waals surface area contributed by atoms with Gasteiger partial charge in [0.25, 0.3) is 5.78 Å². The Morgan fingerprint density at radius 2 is 2.18 bits per heavy atom. The SMILES string of the molecule is COc1ccc(/C=C/C(=O)C(=O)O)cc1C#N. The predicted molar refractivity (Wildman–Crippen MR) is 59.4 cm³/mol. The van der Waals surface area contributed by atoms with Crippen molar-refractivity contribution in [1.82, 2.24) is 0 Å². The lowest BCUT2D eigenvalue weighted by Gasteiger charge is -2.02. The summed E-state index contributed by atoms with van der Waals surface area (Å²) in [6, 6.07) is 6.63. The number of hydrogen-bond acceptors (Lipinski definition) is 4. The van der Waals surface area contributed by atoms with Gasteiger partial charge in [0.2, 0.25) is 0 Å². The van der Waals surface area contributed by atoms with Gasteiger partial charge in [-0.15, -0.1) is 0 Å². The van der Waals surface area contributed by atoms with Crippen molar-refractivity contribution >= 4 is 17.8 Å². The number of hydrogen-bond donors (Lipinski definition) is 1. The number of nitrogens with zero attached hydrogens (tertiary/aromatic N) is 1. The molecular formula is C12H9NO4. The fourth-order valence-corrected chi connectivity index (χ4v) is 1.16. The Hall–Kier alpha value is -2.61. The Morgan fingerprint density at radius 3 is 2.71 bits per heavy atom. The van der Waals surface area contributed by atoms with E-state index in [0.29, 0.717) is 16.9 Å². The van der Waals surface area contributed by atoms with Crippen LogP contribution in [0.25, 0.3) is 6.08 Å². The van der Waals surface area contributed by atoms with Gasteiger partial charge in [-0.2, -0.15) is 5.26 Å². The fraction of sp³-hybridized carbons (Fsp3) is 0.0833. The Bertz CT molecular complexity index is 526. The van der Waals surface area contributed by atoms with Gasteiger partial charge in [-0.05, 0) is 23.8 Å². The molecule has 0 atom stereocenters. The summed E-state index contributed by atoms with van der Waals surface area (Å²) in [4.78, 5) is 21.1. The van der Waals surface area contributed by atoms with Gasteiger partial charge in [0.05, 0.1) is 12.7 Å². The van der Waals surface area contributed by atoms with E-state index >= 15 is 0 Å². The van der Waals surface area contributed by atoms with E-state index in [1.165, 1.54) is 19.3 Å². The summed E-state index contributed by atoms with van der Waals surface area (Å²) >= 11 is 0. The van der Waals surface area contributed by atoms with Crippen molar-refractivity contribution in [2.24, 2.45) is 0 Å². The number of carboxylic acid groups (broad SMARTS) is 1. The van der Waals surface area contributed by atoms with E-state index in [9.17, 15) is 9.59 Å². The summed E-state index contributed by atoms with van der Waals surface area (Å²) in [5.41, 5.74) is 0.870. The van der Waals surface area contributed by atoms with Crippen LogP contribution in [0.1, 0.15) is 11.1 Å². The molecule has 0 aromatic heterocycles. The van der Waals surface area contributed by atoms with Crippen molar-refractivity contribution in [2.75, 3.05) is 7.11 Å². The molecule has 0 spiro atoms. The third-order valence-corrected chi connectivity index (χ3v) is 1.98. The quantitative estimate of drug-likeness (QED) is 0.622. The van der Waals surface area contributed by atoms with Crippen LogP contribution in [0, 0.1) is 11.3 Å². The minimum Gasteiger partial charge on any atom is -0.495 e. The van der Waals surface area contributed by atoms with Gasteiger partial charge >= 0.3 is 5.97 Å². The van der Waals surface area contributed by atoms with Crippen molar-refractivity contribution < 1.29 is 19.4 Å². The zero-order valence-corrected chi connectivity index (χ0v) is 9.01. The molecule has 0 radical (unpaired) electrons.